The molecule has 0 aliphatic heterocycles. The molecule has 20 heavy (non-hydrogen) atoms. The highest BCUT2D eigenvalue weighted by atomic mass is 16.5. The number of rotatable bonds is 4. The van der Waals surface area contributed by atoms with Crippen LogP contribution in [0, 0.1) is 6.92 Å². The maximum absolute atomic E-state index is 5.81. The Kier molecular flexibility index (Phi) is 3.29. The molecule has 0 saturated carbocycles. The molecule has 0 bridgehead atoms. The Morgan fingerprint density at radius 1 is 1.25 bits per heavy atom. The van der Waals surface area contributed by atoms with Crippen LogP contribution in [-0.4, -0.2) is 16.4 Å². The van der Waals surface area contributed by atoms with Gasteiger partial charge in [0.2, 0.25) is 0 Å². The minimum atomic E-state index is 0.449. The molecule has 0 atom stereocenters. The Bertz CT molecular complexity index is 733. The first-order chi connectivity index (χ1) is 9.76. The van der Waals surface area contributed by atoms with Crippen LogP contribution in [0.1, 0.15) is 11.4 Å². The van der Waals surface area contributed by atoms with E-state index in [0.717, 1.165) is 22.8 Å². The summed E-state index contributed by atoms with van der Waals surface area (Å²) in [6.45, 7) is 2.50. The average molecular weight is 267 g/mol. The van der Waals surface area contributed by atoms with Crippen molar-refractivity contribution in [2.45, 2.75) is 13.5 Å². The zero-order valence-electron chi connectivity index (χ0n) is 11.6. The van der Waals surface area contributed by atoms with Gasteiger partial charge in [0, 0.05) is 13.2 Å². The minimum Gasteiger partial charge on any atom is -0.486 e. The van der Waals surface area contributed by atoms with Crippen molar-refractivity contribution in [3.8, 4) is 5.75 Å². The topological polar surface area (TPSA) is 38.6 Å². The van der Waals surface area contributed by atoms with Gasteiger partial charge in [-0.25, -0.2) is 4.98 Å². The van der Waals surface area contributed by atoms with Gasteiger partial charge in [-0.15, -0.1) is 0 Å². The number of fused-ring (bicyclic) bond motifs is 1. The van der Waals surface area contributed by atoms with Gasteiger partial charge in [0.1, 0.15) is 12.4 Å². The molecule has 1 N–H and O–H groups in total. The summed E-state index contributed by atoms with van der Waals surface area (Å²) in [5, 5.41) is 3.13. The van der Waals surface area contributed by atoms with Crippen LogP contribution < -0.4 is 10.1 Å². The van der Waals surface area contributed by atoms with Crippen molar-refractivity contribution in [2.24, 2.45) is 0 Å². The van der Waals surface area contributed by atoms with Crippen molar-refractivity contribution in [3.05, 3.63) is 60.2 Å². The van der Waals surface area contributed by atoms with Crippen LogP contribution in [0.25, 0.3) is 5.52 Å². The molecule has 1 aromatic carbocycles. The van der Waals surface area contributed by atoms with E-state index < -0.39 is 0 Å². The molecule has 0 aliphatic rings. The van der Waals surface area contributed by atoms with E-state index >= 15 is 0 Å². The first-order valence-electron chi connectivity index (χ1n) is 6.59. The molecule has 3 aromatic rings. The summed E-state index contributed by atoms with van der Waals surface area (Å²) in [5.74, 6) is 1.75. The molecule has 0 fully saturated rings. The largest absolute Gasteiger partial charge is 0.486 e. The molecule has 0 saturated heterocycles. The molecule has 102 valence electrons. The van der Waals surface area contributed by atoms with Gasteiger partial charge < -0.3 is 10.1 Å². The highest BCUT2D eigenvalue weighted by Crippen LogP contribution is 2.16. The molecule has 0 spiro atoms. The highest BCUT2D eigenvalue weighted by molar-refractivity contribution is 5.53. The fraction of sp³-hybridized carbons (Fsp3) is 0.188. The highest BCUT2D eigenvalue weighted by Gasteiger charge is 2.05. The fourth-order valence-electron chi connectivity index (χ4n) is 2.15. The summed E-state index contributed by atoms with van der Waals surface area (Å²) < 4.78 is 7.85. The van der Waals surface area contributed by atoms with E-state index in [-0.39, 0.29) is 0 Å². The van der Waals surface area contributed by atoms with Crippen LogP contribution in [0.4, 0.5) is 5.69 Å². The summed E-state index contributed by atoms with van der Waals surface area (Å²) in [7, 11) is 1.90. The van der Waals surface area contributed by atoms with Gasteiger partial charge in [-0.3, -0.25) is 4.40 Å². The van der Waals surface area contributed by atoms with Crippen LogP contribution in [0.15, 0.2) is 48.8 Å². The molecule has 3 rings (SSSR count). The number of benzene rings is 1. The monoisotopic (exact) mass is 267 g/mol. The van der Waals surface area contributed by atoms with Gasteiger partial charge in [0.05, 0.1) is 17.4 Å². The number of aryl methyl sites for hydroxylation is 1. The van der Waals surface area contributed by atoms with Gasteiger partial charge in [-0.05, 0) is 36.8 Å². The number of hydrogen-bond donors (Lipinski definition) is 1. The molecule has 0 unspecified atom stereocenters. The Morgan fingerprint density at radius 3 is 2.95 bits per heavy atom. The second kappa shape index (κ2) is 5.25. The number of hydrogen-bond acceptors (Lipinski definition) is 3. The number of pyridine rings is 1. The summed E-state index contributed by atoms with van der Waals surface area (Å²) in [6, 6.07) is 12.1. The normalized spacial score (nSPS) is 10.7. The van der Waals surface area contributed by atoms with Gasteiger partial charge in [-0.1, -0.05) is 12.1 Å². The predicted octanol–water partition coefficient (Wildman–Crippen LogP) is 3.26. The van der Waals surface area contributed by atoms with E-state index in [1.54, 1.807) is 0 Å². The summed E-state index contributed by atoms with van der Waals surface area (Å²) >= 11 is 0. The summed E-state index contributed by atoms with van der Waals surface area (Å²) in [4.78, 5) is 4.42. The lowest BCUT2D eigenvalue weighted by molar-refractivity contribution is 0.295. The third-order valence-electron chi connectivity index (χ3n) is 3.25. The van der Waals surface area contributed by atoms with Crippen LogP contribution in [-0.2, 0) is 6.61 Å². The molecular weight excluding hydrogens is 250 g/mol. The number of aromatic nitrogens is 2. The van der Waals surface area contributed by atoms with E-state index in [4.69, 9.17) is 4.74 Å². The average Bonchev–Trinajstić information content (AvgIpc) is 2.87. The zero-order chi connectivity index (χ0) is 13.9. The first-order valence-corrected chi connectivity index (χ1v) is 6.59. The number of nitrogens with one attached hydrogen (secondary N) is 1. The third-order valence-corrected chi connectivity index (χ3v) is 3.25. The standard InChI is InChI=1S/C16H17N3O/c1-12-4-3-5-15(8-12)20-11-16-18-9-14-7-6-13(17-2)10-19(14)16/h3-10,17H,11H2,1-2H3. The Labute approximate surface area is 118 Å². The lowest BCUT2D eigenvalue weighted by atomic mass is 10.2. The molecule has 0 aliphatic carbocycles. The van der Waals surface area contributed by atoms with Gasteiger partial charge in [0.25, 0.3) is 0 Å². The van der Waals surface area contributed by atoms with Crippen molar-refractivity contribution < 1.29 is 4.74 Å². The number of imidazole rings is 1. The van der Waals surface area contributed by atoms with Gasteiger partial charge in [0.15, 0.2) is 5.82 Å². The van der Waals surface area contributed by atoms with E-state index in [1.807, 2.05) is 54.2 Å². The van der Waals surface area contributed by atoms with E-state index in [0.29, 0.717) is 6.61 Å². The molecule has 2 heterocycles. The zero-order valence-corrected chi connectivity index (χ0v) is 11.6. The third kappa shape index (κ3) is 2.45. The van der Waals surface area contributed by atoms with Gasteiger partial charge in [-0.2, -0.15) is 0 Å². The van der Waals surface area contributed by atoms with Crippen molar-refractivity contribution >= 4 is 11.2 Å². The van der Waals surface area contributed by atoms with E-state index in [2.05, 4.69) is 23.3 Å². The lowest BCUT2D eigenvalue weighted by Crippen LogP contribution is -2.02. The summed E-state index contributed by atoms with van der Waals surface area (Å²) in [6.07, 6.45) is 3.88. The molecular formula is C16H17N3O. The van der Waals surface area contributed by atoms with E-state index in [1.165, 1.54) is 5.56 Å². The van der Waals surface area contributed by atoms with Crippen molar-refractivity contribution in [1.82, 2.24) is 9.38 Å². The quantitative estimate of drug-likeness (QED) is 0.788. The Morgan fingerprint density at radius 2 is 2.15 bits per heavy atom. The number of ether oxygens (including phenoxy) is 1. The second-order valence-electron chi connectivity index (χ2n) is 4.74. The maximum atomic E-state index is 5.81. The number of nitrogens with zero attached hydrogens (tertiary/aromatic N) is 2. The minimum absolute atomic E-state index is 0.449. The molecule has 0 radical (unpaired) electrons. The second-order valence-corrected chi connectivity index (χ2v) is 4.74. The van der Waals surface area contributed by atoms with Crippen molar-refractivity contribution in [3.63, 3.8) is 0 Å². The maximum Gasteiger partial charge on any atom is 0.151 e. The molecule has 4 heteroatoms. The van der Waals surface area contributed by atoms with Crippen LogP contribution in [0.3, 0.4) is 0 Å². The lowest BCUT2D eigenvalue weighted by Gasteiger charge is -2.07. The number of anilines is 1. The fourth-order valence-corrected chi connectivity index (χ4v) is 2.15. The SMILES string of the molecule is CNc1ccc2cnc(COc3cccc(C)c3)n2c1. The van der Waals surface area contributed by atoms with E-state index in [9.17, 15) is 0 Å². The Hall–Kier alpha value is -2.49. The first kappa shape index (κ1) is 12.5. The Balaban J connectivity index is 1.83. The summed E-state index contributed by atoms with van der Waals surface area (Å²) in [5.41, 5.74) is 3.30. The van der Waals surface area contributed by atoms with Crippen molar-refractivity contribution in [1.29, 1.82) is 0 Å². The van der Waals surface area contributed by atoms with Gasteiger partial charge >= 0.3 is 0 Å². The van der Waals surface area contributed by atoms with Crippen LogP contribution in [0.2, 0.25) is 0 Å². The van der Waals surface area contributed by atoms with Crippen molar-refractivity contribution in [2.75, 3.05) is 12.4 Å². The predicted molar refractivity (Wildman–Crippen MR) is 80.2 cm³/mol. The van der Waals surface area contributed by atoms with Crippen LogP contribution in [0.5, 0.6) is 5.75 Å². The smallest absolute Gasteiger partial charge is 0.151 e. The molecule has 2 aromatic heterocycles. The molecule has 4 nitrogen and oxygen atoms in total. The van der Waals surface area contributed by atoms with Crippen LogP contribution >= 0.6 is 0 Å². The molecule has 0 amide bonds.